The molecule has 9 aromatic rings. The Labute approximate surface area is 297 Å². The van der Waals surface area contributed by atoms with Gasteiger partial charge in [0.05, 0.1) is 16.6 Å². The molecule has 0 bridgehead atoms. The zero-order valence-electron chi connectivity index (χ0n) is 28.4. The van der Waals surface area contributed by atoms with Gasteiger partial charge >= 0.3 is 0 Å². The van der Waals surface area contributed by atoms with Crippen LogP contribution in [0, 0.1) is 0 Å². The number of para-hydroxylation sites is 1. The molecule has 3 nitrogen and oxygen atoms in total. The van der Waals surface area contributed by atoms with Crippen molar-refractivity contribution >= 4 is 32.7 Å². The fraction of sp³-hybridized carbons (Fsp3) is 0.0625. The Balaban J connectivity index is 1.09. The second kappa shape index (κ2) is 11.3. The van der Waals surface area contributed by atoms with E-state index < -0.39 is 0 Å². The van der Waals surface area contributed by atoms with Crippen LogP contribution in [0.5, 0.6) is 0 Å². The lowest BCUT2D eigenvalue weighted by molar-refractivity contribution is 0.660. The van der Waals surface area contributed by atoms with Crippen LogP contribution in [-0.4, -0.2) is 15.0 Å². The SMILES string of the molecule is CC1(C)c2ccccc2-c2ccc(-c3cc(-c4ccc(-c5cnc6c(ccc7cccnc76)c5)cc4)cc(-c4cccc5cccnc45)c3)cc21. The third-order valence-corrected chi connectivity index (χ3v) is 10.8. The summed E-state index contributed by atoms with van der Waals surface area (Å²) in [6.07, 6.45) is 5.68. The topological polar surface area (TPSA) is 38.7 Å². The van der Waals surface area contributed by atoms with Crippen LogP contribution in [0.4, 0.5) is 0 Å². The molecule has 6 aromatic carbocycles. The molecule has 51 heavy (non-hydrogen) atoms. The molecule has 3 aromatic heterocycles. The molecular formula is C48H33N3. The number of benzene rings is 6. The minimum absolute atomic E-state index is 0.0704. The van der Waals surface area contributed by atoms with E-state index in [-0.39, 0.29) is 5.41 Å². The number of hydrogen-bond donors (Lipinski definition) is 0. The predicted molar refractivity (Wildman–Crippen MR) is 212 cm³/mol. The average molecular weight is 652 g/mol. The molecule has 1 aliphatic rings. The number of aromatic nitrogens is 3. The van der Waals surface area contributed by atoms with E-state index in [1.54, 1.807) is 0 Å². The van der Waals surface area contributed by atoms with E-state index in [1.165, 1.54) is 38.9 Å². The van der Waals surface area contributed by atoms with Crippen LogP contribution >= 0.6 is 0 Å². The number of nitrogens with zero attached hydrogens (tertiary/aromatic N) is 3. The Morgan fingerprint density at radius 1 is 0.353 bits per heavy atom. The van der Waals surface area contributed by atoms with E-state index >= 15 is 0 Å². The second-order valence-electron chi connectivity index (χ2n) is 14.1. The monoisotopic (exact) mass is 651 g/mol. The normalized spacial score (nSPS) is 13.1. The van der Waals surface area contributed by atoms with Gasteiger partial charge in [0, 0.05) is 51.3 Å². The van der Waals surface area contributed by atoms with Gasteiger partial charge in [-0.2, -0.15) is 0 Å². The van der Waals surface area contributed by atoms with Crippen molar-refractivity contribution in [1.29, 1.82) is 0 Å². The van der Waals surface area contributed by atoms with Crippen LogP contribution in [0.25, 0.3) is 88.3 Å². The van der Waals surface area contributed by atoms with Gasteiger partial charge in [0.2, 0.25) is 0 Å². The van der Waals surface area contributed by atoms with Crippen molar-refractivity contribution in [3.05, 3.63) is 175 Å². The Kier molecular flexibility index (Phi) is 6.53. The van der Waals surface area contributed by atoms with Crippen LogP contribution in [0.3, 0.4) is 0 Å². The summed E-state index contributed by atoms with van der Waals surface area (Å²) in [5.74, 6) is 0. The summed E-state index contributed by atoms with van der Waals surface area (Å²) in [6, 6.07) is 52.8. The highest BCUT2D eigenvalue weighted by Crippen LogP contribution is 2.50. The molecule has 0 fully saturated rings. The van der Waals surface area contributed by atoms with Crippen LogP contribution in [-0.2, 0) is 5.41 Å². The van der Waals surface area contributed by atoms with Gasteiger partial charge in [-0.15, -0.1) is 0 Å². The van der Waals surface area contributed by atoms with Gasteiger partial charge in [0.15, 0.2) is 0 Å². The first-order valence-corrected chi connectivity index (χ1v) is 17.5. The maximum Gasteiger partial charge on any atom is 0.0964 e. The van der Waals surface area contributed by atoms with Crippen molar-refractivity contribution in [3.63, 3.8) is 0 Å². The van der Waals surface area contributed by atoms with E-state index in [0.29, 0.717) is 0 Å². The highest BCUT2D eigenvalue weighted by atomic mass is 14.7. The lowest BCUT2D eigenvalue weighted by Crippen LogP contribution is -2.14. The average Bonchev–Trinajstić information content (AvgIpc) is 3.42. The fourth-order valence-electron chi connectivity index (χ4n) is 8.09. The van der Waals surface area contributed by atoms with Crippen molar-refractivity contribution in [2.75, 3.05) is 0 Å². The third kappa shape index (κ3) is 4.77. The molecular weight excluding hydrogens is 619 g/mol. The van der Waals surface area contributed by atoms with Crippen LogP contribution < -0.4 is 0 Å². The highest BCUT2D eigenvalue weighted by molar-refractivity contribution is 6.03. The molecule has 0 atom stereocenters. The molecule has 0 radical (unpaired) electrons. The summed E-state index contributed by atoms with van der Waals surface area (Å²) in [6.45, 7) is 4.69. The first-order valence-electron chi connectivity index (χ1n) is 17.5. The summed E-state index contributed by atoms with van der Waals surface area (Å²) in [4.78, 5) is 14.3. The smallest absolute Gasteiger partial charge is 0.0964 e. The van der Waals surface area contributed by atoms with Gasteiger partial charge in [-0.05, 0) is 98.1 Å². The largest absolute Gasteiger partial charge is 0.256 e. The Morgan fingerprint density at radius 2 is 0.941 bits per heavy atom. The summed E-state index contributed by atoms with van der Waals surface area (Å²) in [7, 11) is 0. The molecule has 3 heteroatoms. The molecule has 0 saturated carbocycles. The maximum atomic E-state index is 4.86. The molecule has 0 spiro atoms. The van der Waals surface area contributed by atoms with Crippen LogP contribution in [0.2, 0.25) is 0 Å². The van der Waals surface area contributed by atoms with E-state index in [9.17, 15) is 0 Å². The van der Waals surface area contributed by atoms with Crippen molar-refractivity contribution in [2.45, 2.75) is 19.3 Å². The lowest BCUT2D eigenvalue weighted by atomic mass is 9.81. The molecule has 0 N–H and O–H groups in total. The van der Waals surface area contributed by atoms with Crippen molar-refractivity contribution in [2.24, 2.45) is 0 Å². The quantitative estimate of drug-likeness (QED) is 0.178. The minimum atomic E-state index is -0.0704. The summed E-state index contributed by atoms with van der Waals surface area (Å²) in [5.41, 5.74) is 17.5. The molecule has 0 unspecified atom stereocenters. The zero-order valence-corrected chi connectivity index (χ0v) is 28.4. The Morgan fingerprint density at radius 3 is 1.76 bits per heavy atom. The Hall–Kier alpha value is -6.45. The molecule has 240 valence electrons. The molecule has 10 rings (SSSR count). The molecule has 0 amide bonds. The molecule has 0 aliphatic heterocycles. The molecule has 3 heterocycles. The van der Waals surface area contributed by atoms with Crippen molar-refractivity contribution in [1.82, 2.24) is 15.0 Å². The van der Waals surface area contributed by atoms with E-state index in [1.807, 2.05) is 30.7 Å². The summed E-state index contributed by atoms with van der Waals surface area (Å²) >= 11 is 0. The first kappa shape index (κ1) is 29.5. The van der Waals surface area contributed by atoms with Crippen molar-refractivity contribution < 1.29 is 0 Å². The van der Waals surface area contributed by atoms with Gasteiger partial charge in [-0.1, -0.05) is 117 Å². The number of pyridine rings is 3. The first-order chi connectivity index (χ1) is 25.0. The number of fused-ring (bicyclic) bond motifs is 7. The standard InChI is InChI=1S/C48H33N3/c1-48(2)43-13-4-3-11-41(43)42-21-20-34(28-44(42)48)37-25-36(26-38(27-37)40-12-5-8-32-9-6-22-49-45(32)40)30-14-16-31(17-15-30)39-24-35-19-18-33-10-7-23-50-46(33)47(35)51-29-39/h3-29H,1-2H3. The maximum absolute atomic E-state index is 4.86. The van der Waals surface area contributed by atoms with Gasteiger partial charge in [0.1, 0.15) is 0 Å². The van der Waals surface area contributed by atoms with Gasteiger partial charge in [-0.3, -0.25) is 15.0 Å². The highest BCUT2D eigenvalue weighted by Gasteiger charge is 2.35. The molecule has 1 aliphatic carbocycles. The van der Waals surface area contributed by atoms with E-state index in [0.717, 1.165) is 60.5 Å². The van der Waals surface area contributed by atoms with Crippen LogP contribution in [0.1, 0.15) is 25.0 Å². The third-order valence-electron chi connectivity index (χ3n) is 10.8. The van der Waals surface area contributed by atoms with E-state index in [4.69, 9.17) is 9.97 Å². The number of rotatable bonds is 4. The fourth-order valence-corrected chi connectivity index (χ4v) is 8.09. The summed E-state index contributed by atoms with van der Waals surface area (Å²) in [5, 5.41) is 3.32. The lowest BCUT2D eigenvalue weighted by Gasteiger charge is -2.22. The zero-order chi connectivity index (χ0) is 34.1. The second-order valence-corrected chi connectivity index (χ2v) is 14.1. The van der Waals surface area contributed by atoms with Crippen LogP contribution in [0.15, 0.2) is 164 Å². The minimum Gasteiger partial charge on any atom is -0.256 e. The summed E-state index contributed by atoms with van der Waals surface area (Å²) < 4.78 is 0. The van der Waals surface area contributed by atoms with Gasteiger partial charge < -0.3 is 0 Å². The van der Waals surface area contributed by atoms with Crippen molar-refractivity contribution in [3.8, 4) is 55.6 Å². The number of hydrogen-bond acceptors (Lipinski definition) is 3. The van der Waals surface area contributed by atoms with Gasteiger partial charge in [-0.25, -0.2) is 0 Å². The predicted octanol–water partition coefficient (Wildman–Crippen LogP) is 12.3. The molecule has 0 saturated heterocycles. The Bertz CT molecular complexity index is 2830. The van der Waals surface area contributed by atoms with E-state index in [2.05, 4.69) is 152 Å². The van der Waals surface area contributed by atoms with Gasteiger partial charge in [0.25, 0.3) is 0 Å².